The zero-order valence-corrected chi connectivity index (χ0v) is 14.1. The molecule has 0 spiro atoms. The maximum absolute atomic E-state index is 13.0. The monoisotopic (exact) mass is 319 g/mol. The van der Waals surface area contributed by atoms with E-state index in [0.717, 1.165) is 37.2 Å². The fourth-order valence-electron chi connectivity index (χ4n) is 4.39. The summed E-state index contributed by atoms with van der Waals surface area (Å²) in [6.07, 6.45) is 3.50. The molecule has 126 valence electrons. The van der Waals surface area contributed by atoms with Crippen LogP contribution in [-0.4, -0.2) is 44.8 Å². The molecule has 1 saturated heterocycles. The molecule has 2 aliphatic rings. The number of aryl methyl sites for hydroxylation is 2. The minimum absolute atomic E-state index is 0.0580. The predicted octanol–water partition coefficient (Wildman–Crippen LogP) is 2.24. The van der Waals surface area contributed by atoms with Crippen LogP contribution in [-0.2, 0) is 11.3 Å². The van der Waals surface area contributed by atoms with E-state index in [-0.39, 0.29) is 11.8 Å². The Kier molecular flexibility index (Phi) is 3.94. The minimum atomic E-state index is -0.745. The van der Waals surface area contributed by atoms with Crippen LogP contribution in [0.5, 0.6) is 0 Å². The summed E-state index contributed by atoms with van der Waals surface area (Å²) in [6, 6.07) is 0. The molecule has 1 N–H and O–H groups in total. The molecule has 2 heterocycles. The molecule has 1 aliphatic heterocycles. The first-order valence-corrected chi connectivity index (χ1v) is 8.47. The quantitative estimate of drug-likeness (QED) is 0.923. The predicted molar refractivity (Wildman–Crippen MR) is 85.3 cm³/mol. The van der Waals surface area contributed by atoms with E-state index in [1.807, 2.05) is 18.5 Å². The normalized spacial score (nSPS) is 26.6. The van der Waals surface area contributed by atoms with E-state index < -0.39 is 11.4 Å². The van der Waals surface area contributed by atoms with Gasteiger partial charge in [-0.15, -0.1) is 0 Å². The van der Waals surface area contributed by atoms with Crippen LogP contribution in [0.4, 0.5) is 0 Å². The Balaban J connectivity index is 1.87. The van der Waals surface area contributed by atoms with Crippen molar-refractivity contribution in [2.45, 2.75) is 53.0 Å². The number of carbonyl (C=O) groups is 2. The Hall–Kier alpha value is -1.85. The van der Waals surface area contributed by atoms with Gasteiger partial charge in [-0.2, -0.15) is 5.10 Å². The topological polar surface area (TPSA) is 75.4 Å². The molecule has 1 amide bonds. The number of aliphatic carboxylic acids is 1. The molecule has 1 aliphatic carbocycles. The van der Waals surface area contributed by atoms with Crippen LogP contribution in [0.15, 0.2) is 0 Å². The number of carboxylic acid groups (broad SMARTS) is 1. The number of hydrogen-bond acceptors (Lipinski definition) is 3. The third-order valence-electron chi connectivity index (χ3n) is 5.61. The van der Waals surface area contributed by atoms with Crippen molar-refractivity contribution < 1.29 is 14.7 Å². The van der Waals surface area contributed by atoms with Crippen LogP contribution in [0.25, 0.3) is 0 Å². The van der Waals surface area contributed by atoms with Crippen molar-refractivity contribution in [3.05, 3.63) is 17.0 Å². The van der Waals surface area contributed by atoms with Crippen LogP contribution < -0.4 is 0 Å². The van der Waals surface area contributed by atoms with Gasteiger partial charge in [0.25, 0.3) is 5.91 Å². The first-order valence-electron chi connectivity index (χ1n) is 8.47. The van der Waals surface area contributed by atoms with Crippen molar-refractivity contribution in [1.29, 1.82) is 0 Å². The Bertz CT molecular complexity index is 652. The molecule has 1 saturated carbocycles. The van der Waals surface area contributed by atoms with Gasteiger partial charge < -0.3 is 10.0 Å². The van der Waals surface area contributed by atoms with Crippen molar-refractivity contribution in [3.8, 4) is 0 Å². The van der Waals surface area contributed by atoms with Gasteiger partial charge in [-0.25, -0.2) is 0 Å². The minimum Gasteiger partial charge on any atom is -0.481 e. The van der Waals surface area contributed by atoms with Crippen molar-refractivity contribution >= 4 is 11.9 Å². The van der Waals surface area contributed by atoms with Crippen LogP contribution in [0, 0.1) is 25.2 Å². The van der Waals surface area contributed by atoms with Crippen LogP contribution >= 0.6 is 0 Å². The lowest BCUT2D eigenvalue weighted by atomic mass is 9.81. The molecular weight excluding hydrogens is 294 g/mol. The number of likely N-dealkylation sites (tertiary alicyclic amines) is 1. The summed E-state index contributed by atoms with van der Waals surface area (Å²) in [5.41, 5.74) is 1.55. The second kappa shape index (κ2) is 5.65. The summed E-state index contributed by atoms with van der Waals surface area (Å²) >= 11 is 0. The van der Waals surface area contributed by atoms with Gasteiger partial charge in [0.2, 0.25) is 0 Å². The van der Waals surface area contributed by atoms with Gasteiger partial charge in [-0.3, -0.25) is 14.3 Å². The number of aromatic nitrogens is 2. The highest BCUT2D eigenvalue weighted by Gasteiger charge is 2.56. The summed E-state index contributed by atoms with van der Waals surface area (Å²) in [5, 5.41) is 14.1. The molecule has 2 fully saturated rings. The number of nitrogens with zero attached hydrogens (tertiary/aromatic N) is 3. The van der Waals surface area contributed by atoms with E-state index in [2.05, 4.69) is 12.0 Å². The van der Waals surface area contributed by atoms with Gasteiger partial charge in [0, 0.05) is 25.3 Å². The van der Waals surface area contributed by atoms with E-state index in [1.165, 1.54) is 0 Å². The van der Waals surface area contributed by atoms with Crippen molar-refractivity contribution in [2.75, 3.05) is 13.1 Å². The summed E-state index contributed by atoms with van der Waals surface area (Å²) in [4.78, 5) is 26.5. The van der Waals surface area contributed by atoms with E-state index in [1.54, 1.807) is 4.90 Å². The number of fused-ring (bicyclic) bond motifs is 1. The highest BCUT2D eigenvalue weighted by molar-refractivity contribution is 5.97. The first-order chi connectivity index (χ1) is 10.9. The first kappa shape index (κ1) is 16.0. The number of carboxylic acids is 1. The van der Waals surface area contributed by atoms with Crippen molar-refractivity contribution in [1.82, 2.24) is 14.7 Å². The maximum Gasteiger partial charge on any atom is 0.311 e. The van der Waals surface area contributed by atoms with Crippen LogP contribution in [0.2, 0.25) is 0 Å². The van der Waals surface area contributed by atoms with E-state index in [0.29, 0.717) is 25.1 Å². The fraction of sp³-hybridized carbons (Fsp3) is 0.706. The summed E-state index contributed by atoms with van der Waals surface area (Å²) in [6.45, 7) is 7.55. The summed E-state index contributed by atoms with van der Waals surface area (Å²) in [7, 11) is 0. The number of amides is 1. The highest BCUT2D eigenvalue weighted by Crippen LogP contribution is 2.49. The largest absolute Gasteiger partial charge is 0.481 e. The zero-order chi connectivity index (χ0) is 16.8. The van der Waals surface area contributed by atoms with Gasteiger partial charge >= 0.3 is 5.97 Å². The van der Waals surface area contributed by atoms with Gasteiger partial charge in [0.1, 0.15) is 0 Å². The molecule has 6 heteroatoms. The van der Waals surface area contributed by atoms with Gasteiger partial charge in [-0.05, 0) is 39.0 Å². The molecule has 23 heavy (non-hydrogen) atoms. The lowest BCUT2D eigenvalue weighted by Gasteiger charge is -2.23. The second-order valence-electron chi connectivity index (χ2n) is 7.01. The molecule has 3 rings (SSSR count). The number of carbonyl (C=O) groups excluding carboxylic acids is 1. The van der Waals surface area contributed by atoms with E-state index in [4.69, 9.17) is 0 Å². The molecule has 6 nitrogen and oxygen atoms in total. The van der Waals surface area contributed by atoms with Crippen LogP contribution in [0.3, 0.4) is 0 Å². The Labute approximate surface area is 136 Å². The third kappa shape index (κ3) is 2.35. The lowest BCUT2D eigenvalue weighted by Crippen LogP contribution is -2.37. The molecule has 1 aromatic rings. The number of hydrogen-bond donors (Lipinski definition) is 1. The Morgan fingerprint density at radius 3 is 2.74 bits per heavy atom. The van der Waals surface area contributed by atoms with Gasteiger partial charge in [0.05, 0.1) is 16.7 Å². The van der Waals surface area contributed by atoms with E-state index in [9.17, 15) is 14.7 Å². The van der Waals surface area contributed by atoms with Crippen LogP contribution in [0.1, 0.15) is 54.4 Å². The van der Waals surface area contributed by atoms with E-state index >= 15 is 0 Å². The van der Waals surface area contributed by atoms with Gasteiger partial charge in [-0.1, -0.05) is 13.3 Å². The second-order valence-corrected chi connectivity index (χ2v) is 7.01. The molecule has 0 bridgehead atoms. The standard InChI is InChI=1S/C17H25N3O3/c1-4-8-20-12(3)14(11(2)18-20)15(21)19-9-13-6-5-7-17(13,10-19)16(22)23/h13H,4-10H2,1-3H3,(H,22,23)/t13-,17+/m0/s1. The zero-order valence-electron chi connectivity index (χ0n) is 14.1. The Morgan fingerprint density at radius 2 is 2.13 bits per heavy atom. The van der Waals surface area contributed by atoms with Crippen molar-refractivity contribution in [3.63, 3.8) is 0 Å². The number of rotatable bonds is 4. The maximum atomic E-state index is 13.0. The smallest absolute Gasteiger partial charge is 0.311 e. The average Bonchev–Trinajstić information content (AvgIpc) is 3.11. The molecule has 0 aromatic carbocycles. The lowest BCUT2D eigenvalue weighted by molar-refractivity contribution is -0.149. The summed E-state index contributed by atoms with van der Waals surface area (Å²) < 4.78 is 1.88. The van der Waals surface area contributed by atoms with Crippen molar-refractivity contribution in [2.24, 2.45) is 11.3 Å². The third-order valence-corrected chi connectivity index (χ3v) is 5.61. The molecule has 0 unspecified atom stereocenters. The summed E-state index contributed by atoms with van der Waals surface area (Å²) in [5.74, 6) is -0.710. The molecule has 1 aromatic heterocycles. The van der Waals surface area contributed by atoms with Gasteiger partial charge in [0.15, 0.2) is 0 Å². The molecule has 2 atom stereocenters. The highest BCUT2D eigenvalue weighted by atomic mass is 16.4. The Morgan fingerprint density at radius 1 is 1.39 bits per heavy atom. The fourth-order valence-corrected chi connectivity index (χ4v) is 4.39. The SMILES string of the molecule is CCCn1nc(C)c(C(=O)N2C[C@@H]3CCC[C@@]3(C(=O)O)C2)c1C. The molecule has 0 radical (unpaired) electrons. The average molecular weight is 319 g/mol. The molecular formula is C17H25N3O3.